The fraction of sp³-hybridized carbons (Fsp3) is 0.643. The predicted molar refractivity (Wildman–Crippen MR) is 77.1 cm³/mol. The Morgan fingerprint density at radius 3 is 2.55 bits per heavy atom. The molecule has 0 spiro atoms. The van der Waals surface area contributed by atoms with Crippen LogP contribution in [0.2, 0.25) is 0 Å². The fourth-order valence-corrected chi connectivity index (χ4v) is 2.53. The molecule has 3 rings (SSSR count). The van der Waals surface area contributed by atoms with Crippen LogP contribution in [-0.2, 0) is 0 Å². The lowest BCUT2D eigenvalue weighted by atomic mass is 10.1. The van der Waals surface area contributed by atoms with Crippen LogP contribution in [0.5, 0.6) is 0 Å². The van der Waals surface area contributed by atoms with Crippen molar-refractivity contribution in [2.45, 2.75) is 45.6 Å². The van der Waals surface area contributed by atoms with Crippen molar-refractivity contribution in [3.63, 3.8) is 0 Å². The molecule has 1 heterocycles. The molecule has 0 atom stereocenters. The van der Waals surface area contributed by atoms with Gasteiger partial charge in [-0.1, -0.05) is 5.16 Å². The van der Waals surface area contributed by atoms with Crippen molar-refractivity contribution in [2.75, 3.05) is 11.4 Å². The van der Waals surface area contributed by atoms with Crippen molar-refractivity contribution in [1.82, 2.24) is 10.2 Å². The Hall–Kier alpha value is -1.85. The highest BCUT2D eigenvalue weighted by Gasteiger charge is 2.36. The summed E-state index contributed by atoms with van der Waals surface area (Å²) >= 11 is 0. The third-order valence-electron chi connectivity index (χ3n) is 4.21. The molecule has 0 aliphatic heterocycles. The van der Waals surface area contributed by atoms with Gasteiger partial charge in [0.25, 0.3) is 0 Å². The molecule has 2 aliphatic carbocycles. The molecule has 6 nitrogen and oxygen atoms in total. The van der Waals surface area contributed by atoms with Crippen molar-refractivity contribution in [1.29, 1.82) is 0 Å². The summed E-state index contributed by atoms with van der Waals surface area (Å²) in [5.74, 6) is 1.66. The van der Waals surface area contributed by atoms with Gasteiger partial charge in [0.2, 0.25) is 0 Å². The zero-order valence-corrected chi connectivity index (χ0v) is 12.0. The molecule has 0 unspecified atom stereocenters. The zero-order chi connectivity index (χ0) is 14.3. The molecule has 20 heavy (non-hydrogen) atoms. The molecule has 108 valence electrons. The van der Waals surface area contributed by atoms with Gasteiger partial charge in [0.05, 0.1) is 11.3 Å². The molecule has 1 aromatic heterocycles. The van der Waals surface area contributed by atoms with Gasteiger partial charge in [-0.05, 0) is 51.0 Å². The maximum atomic E-state index is 9.05. The quantitative estimate of drug-likeness (QED) is 0.368. The largest absolute Gasteiger partial charge is 0.409 e. The minimum Gasteiger partial charge on any atom is -0.409 e. The van der Waals surface area contributed by atoms with Crippen molar-refractivity contribution < 1.29 is 5.21 Å². The number of aryl methyl sites for hydroxylation is 1. The van der Waals surface area contributed by atoms with Crippen LogP contribution in [0.15, 0.2) is 5.16 Å². The summed E-state index contributed by atoms with van der Waals surface area (Å²) in [6, 6.07) is 0.539. The topological polar surface area (TPSA) is 87.6 Å². The maximum Gasteiger partial charge on any atom is 0.174 e. The number of aromatic nitrogens is 2. The van der Waals surface area contributed by atoms with E-state index in [1.54, 1.807) is 0 Å². The molecule has 0 radical (unpaired) electrons. The molecule has 0 saturated heterocycles. The highest BCUT2D eigenvalue weighted by atomic mass is 16.4. The van der Waals surface area contributed by atoms with Crippen LogP contribution in [0.3, 0.4) is 0 Å². The Balaban J connectivity index is 2.03. The molecule has 0 bridgehead atoms. The SMILES string of the molecule is Cc1nnc(N(CC2CC2)C2CC2)c(C(N)=NO)c1C. The van der Waals surface area contributed by atoms with E-state index in [1.165, 1.54) is 25.7 Å². The van der Waals surface area contributed by atoms with Gasteiger partial charge in [-0.3, -0.25) is 0 Å². The number of nitrogens with zero attached hydrogens (tertiary/aromatic N) is 4. The van der Waals surface area contributed by atoms with Gasteiger partial charge in [-0.25, -0.2) is 0 Å². The predicted octanol–water partition coefficient (Wildman–Crippen LogP) is 1.57. The first kappa shape index (κ1) is 13.1. The lowest BCUT2D eigenvalue weighted by Crippen LogP contribution is -2.33. The standard InChI is InChI=1S/C14H21N5O/c1-8-9(2)16-17-14(12(8)13(15)18-20)19(11-5-6-11)7-10-3-4-10/h10-11,20H,3-7H2,1-2H3,(H2,15,18). The lowest BCUT2D eigenvalue weighted by molar-refractivity contribution is 0.318. The van der Waals surface area contributed by atoms with Gasteiger partial charge in [-0.2, -0.15) is 5.10 Å². The summed E-state index contributed by atoms with van der Waals surface area (Å²) in [4.78, 5) is 2.31. The maximum absolute atomic E-state index is 9.05. The smallest absolute Gasteiger partial charge is 0.174 e. The van der Waals surface area contributed by atoms with Crippen LogP contribution in [0.25, 0.3) is 0 Å². The van der Waals surface area contributed by atoms with E-state index >= 15 is 0 Å². The summed E-state index contributed by atoms with van der Waals surface area (Å²) in [7, 11) is 0. The van der Waals surface area contributed by atoms with E-state index in [0.717, 1.165) is 35.1 Å². The van der Waals surface area contributed by atoms with E-state index in [0.29, 0.717) is 6.04 Å². The number of oxime groups is 1. The van der Waals surface area contributed by atoms with Gasteiger partial charge >= 0.3 is 0 Å². The Labute approximate surface area is 118 Å². The van der Waals surface area contributed by atoms with Gasteiger partial charge in [-0.15, -0.1) is 5.10 Å². The van der Waals surface area contributed by atoms with Gasteiger partial charge in [0, 0.05) is 12.6 Å². The Kier molecular flexibility index (Phi) is 3.23. The third kappa shape index (κ3) is 2.42. The molecule has 2 fully saturated rings. The average Bonchev–Trinajstić information content (AvgIpc) is 3.30. The van der Waals surface area contributed by atoms with Crippen molar-refractivity contribution in [3.8, 4) is 0 Å². The highest BCUT2D eigenvalue weighted by molar-refractivity contribution is 6.02. The number of amidine groups is 1. The Bertz CT molecular complexity index is 549. The van der Waals surface area contributed by atoms with E-state index in [4.69, 9.17) is 10.9 Å². The Morgan fingerprint density at radius 1 is 1.30 bits per heavy atom. The summed E-state index contributed by atoms with van der Waals surface area (Å²) in [5.41, 5.74) is 8.36. The minimum atomic E-state index is 0.122. The first-order valence-corrected chi connectivity index (χ1v) is 7.20. The van der Waals surface area contributed by atoms with Crippen LogP contribution >= 0.6 is 0 Å². The summed E-state index contributed by atoms with van der Waals surface area (Å²) < 4.78 is 0. The molecule has 2 aliphatic rings. The van der Waals surface area contributed by atoms with Crippen molar-refractivity contribution >= 4 is 11.7 Å². The number of hydrogen-bond acceptors (Lipinski definition) is 5. The van der Waals surface area contributed by atoms with Crippen LogP contribution in [-0.4, -0.2) is 33.8 Å². The number of nitrogens with two attached hydrogens (primary N) is 1. The molecule has 0 aromatic carbocycles. The molecular weight excluding hydrogens is 254 g/mol. The molecule has 0 amide bonds. The molecule has 2 saturated carbocycles. The zero-order valence-electron chi connectivity index (χ0n) is 12.0. The summed E-state index contributed by atoms with van der Waals surface area (Å²) in [6.07, 6.45) is 4.97. The lowest BCUT2D eigenvalue weighted by Gasteiger charge is -2.26. The molecule has 1 aromatic rings. The first-order valence-electron chi connectivity index (χ1n) is 7.20. The van der Waals surface area contributed by atoms with Crippen molar-refractivity contribution in [2.24, 2.45) is 16.8 Å². The summed E-state index contributed by atoms with van der Waals surface area (Å²) in [5, 5.41) is 20.8. The van der Waals surface area contributed by atoms with E-state index in [1.807, 2.05) is 13.8 Å². The van der Waals surface area contributed by atoms with Crippen LogP contribution in [0.4, 0.5) is 5.82 Å². The first-order chi connectivity index (χ1) is 9.61. The van der Waals surface area contributed by atoms with Gasteiger partial charge in [0.1, 0.15) is 0 Å². The van der Waals surface area contributed by atoms with E-state index in [9.17, 15) is 0 Å². The van der Waals surface area contributed by atoms with Crippen molar-refractivity contribution in [3.05, 3.63) is 16.8 Å². The van der Waals surface area contributed by atoms with E-state index < -0.39 is 0 Å². The molecule has 6 heteroatoms. The molecule has 3 N–H and O–H groups in total. The normalized spacial score (nSPS) is 19.2. The number of hydrogen-bond donors (Lipinski definition) is 2. The monoisotopic (exact) mass is 275 g/mol. The number of anilines is 1. The minimum absolute atomic E-state index is 0.122. The molecular formula is C14H21N5O. The number of rotatable bonds is 5. The highest BCUT2D eigenvalue weighted by Crippen LogP contribution is 2.38. The fourth-order valence-electron chi connectivity index (χ4n) is 2.53. The Morgan fingerprint density at radius 2 is 2.00 bits per heavy atom. The van der Waals surface area contributed by atoms with E-state index in [-0.39, 0.29) is 5.84 Å². The summed E-state index contributed by atoms with van der Waals surface area (Å²) in [6.45, 7) is 4.85. The second kappa shape index (κ2) is 4.92. The average molecular weight is 275 g/mol. The van der Waals surface area contributed by atoms with Gasteiger partial charge in [0.15, 0.2) is 11.7 Å². The van der Waals surface area contributed by atoms with Crippen LogP contribution < -0.4 is 10.6 Å². The van der Waals surface area contributed by atoms with Crippen LogP contribution in [0.1, 0.15) is 42.5 Å². The second-order valence-corrected chi connectivity index (χ2v) is 5.92. The third-order valence-corrected chi connectivity index (χ3v) is 4.21. The van der Waals surface area contributed by atoms with Gasteiger partial charge < -0.3 is 15.8 Å². The van der Waals surface area contributed by atoms with Crippen LogP contribution in [0, 0.1) is 19.8 Å². The second-order valence-electron chi connectivity index (χ2n) is 5.92. The van der Waals surface area contributed by atoms with E-state index in [2.05, 4.69) is 20.3 Å².